The maximum atomic E-state index is 5.52. The van der Waals surface area contributed by atoms with E-state index >= 15 is 0 Å². The van der Waals surface area contributed by atoms with Gasteiger partial charge in [-0.15, -0.1) is 0 Å². The van der Waals surface area contributed by atoms with Crippen LogP contribution in [0.15, 0.2) is 6.20 Å². The molecule has 0 atom stereocenters. The maximum Gasteiger partial charge on any atom is 0.0669 e. The molecule has 0 aliphatic rings. The van der Waals surface area contributed by atoms with Crippen molar-refractivity contribution in [2.45, 2.75) is 26.7 Å². The Kier molecular flexibility index (Phi) is 3.48. The fourth-order valence-corrected chi connectivity index (χ4v) is 1.54. The highest BCUT2D eigenvalue weighted by molar-refractivity contribution is 5.17. The number of nitrogens with two attached hydrogens (primary N) is 1. The number of hydrogen-bond donors (Lipinski definition) is 1. The van der Waals surface area contributed by atoms with E-state index in [1.54, 1.807) is 0 Å². The summed E-state index contributed by atoms with van der Waals surface area (Å²) in [5, 5.41) is 4.39. The molecule has 0 saturated heterocycles. The van der Waals surface area contributed by atoms with E-state index in [-0.39, 0.29) is 0 Å². The van der Waals surface area contributed by atoms with E-state index in [9.17, 15) is 0 Å². The van der Waals surface area contributed by atoms with Crippen LogP contribution in [0.5, 0.6) is 0 Å². The summed E-state index contributed by atoms with van der Waals surface area (Å²) in [5.74, 6) is 0.681. The molecule has 2 N–H and O–H groups in total. The molecule has 0 radical (unpaired) electrons. The lowest BCUT2D eigenvalue weighted by Gasteiger charge is -2.03. The molecule has 1 rings (SSSR count). The Balaban J connectivity index is 2.77. The zero-order chi connectivity index (χ0) is 9.84. The third-order valence-electron chi connectivity index (χ3n) is 2.00. The van der Waals surface area contributed by atoms with Crippen LogP contribution in [-0.4, -0.2) is 16.3 Å². The average Bonchev–Trinajstić information content (AvgIpc) is 2.31. The predicted octanol–water partition coefficient (Wildman–Crippen LogP) is 1.12. The van der Waals surface area contributed by atoms with Crippen molar-refractivity contribution in [3.63, 3.8) is 0 Å². The van der Waals surface area contributed by atoms with Crippen LogP contribution in [0, 0.1) is 5.92 Å². The molecule has 13 heavy (non-hydrogen) atoms. The standard InChI is InChI=1S/C10H19N3/c1-8(2)6-9-7-13(3)12-10(9)4-5-11/h7-8H,4-6,11H2,1-3H3. The summed E-state index contributed by atoms with van der Waals surface area (Å²) >= 11 is 0. The molecular formula is C10H19N3. The predicted molar refractivity (Wildman–Crippen MR) is 54.5 cm³/mol. The molecule has 1 aromatic heterocycles. The van der Waals surface area contributed by atoms with Gasteiger partial charge in [-0.25, -0.2) is 0 Å². The van der Waals surface area contributed by atoms with Gasteiger partial charge in [-0.3, -0.25) is 4.68 Å². The van der Waals surface area contributed by atoms with Crippen LogP contribution >= 0.6 is 0 Å². The van der Waals surface area contributed by atoms with Crippen LogP contribution < -0.4 is 5.73 Å². The first kappa shape index (κ1) is 10.3. The zero-order valence-corrected chi connectivity index (χ0v) is 8.75. The molecule has 0 bridgehead atoms. The van der Waals surface area contributed by atoms with Gasteiger partial charge in [0, 0.05) is 19.7 Å². The Morgan fingerprint density at radius 3 is 2.77 bits per heavy atom. The lowest BCUT2D eigenvalue weighted by atomic mass is 10.0. The van der Waals surface area contributed by atoms with Gasteiger partial charge in [0.1, 0.15) is 0 Å². The SMILES string of the molecule is CC(C)Cc1cn(C)nc1CCN. The molecular weight excluding hydrogens is 162 g/mol. The van der Waals surface area contributed by atoms with Crippen LogP contribution in [0.3, 0.4) is 0 Å². The van der Waals surface area contributed by atoms with Crippen molar-refractivity contribution in [2.75, 3.05) is 6.54 Å². The van der Waals surface area contributed by atoms with E-state index in [1.807, 2.05) is 11.7 Å². The van der Waals surface area contributed by atoms with E-state index in [0.717, 1.165) is 12.8 Å². The summed E-state index contributed by atoms with van der Waals surface area (Å²) in [6.07, 6.45) is 4.09. The van der Waals surface area contributed by atoms with Gasteiger partial charge in [0.2, 0.25) is 0 Å². The smallest absolute Gasteiger partial charge is 0.0669 e. The topological polar surface area (TPSA) is 43.8 Å². The summed E-state index contributed by atoms with van der Waals surface area (Å²) in [6.45, 7) is 5.13. The van der Waals surface area contributed by atoms with Gasteiger partial charge in [-0.2, -0.15) is 5.10 Å². The van der Waals surface area contributed by atoms with E-state index in [0.29, 0.717) is 12.5 Å². The monoisotopic (exact) mass is 181 g/mol. The molecule has 0 unspecified atom stereocenters. The van der Waals surface area contributed by atoms with E-state index < -0.39 is 0 Å². The Labute approximate surface area is 79.9 Å². The third kappa shape index (κ3) is 2.84. The fraction of sp³-hybridized carbons (Fsp3) is 0.700. The minimum Gasteiger partial charge on any atom is -0.330 e. The normalized spacial score (nSPS) is 11.2. The van der Waals surface area contributed by atoms with Crippen molar-refractivity contribution in [1.82, 2.24) is 9.78 Å². The van der Waals surface area contributed by atoms with Crippen LogP contribution in [0.25, 0.3) is 0 Å². The second-order valence-corrected chi connectivity index (χ2v) is 3.91. The summed E-state index contributed by atoms with van der Waals surface area (Å²) in [4.78, 5) is 0. The van der Waals surface area contributed by atoms with Crippen molar-refractivity contribution in [3.05, 3.63) is 17.5 Å². The minimum atomic E-state index is 0.681. The lowest BCUT2D eigenvalue weighted by Crippen LogP contribution is -2.06. The second-order valence-electron chi connectivity index (χ2n) is 3.91. The molecule has 3 heteroatoms. The number of rotatable bonds is 4. The fourth-order valence-electron chi connectivity index (χ4n) is 1.54. The molecule has 0 aliphatic carbocycles. The van der Waals surface area contributed by atoms with Crippen molar-refractivity contribution >= 4 is 0 Å². The first-order valence-corrected chi connectivity index (χ1v) is 4.85. The van der Waals surface area contributed by atoms with Crippen molar-refractivity contribution in [2.24, 2.45) is 18.7 Å². The molecule has 0 spiro atoms. The molecule has 0 aromatic carbocycles. The van der Waals surface area contributed by atoms with Crippen LogP contribution in [0.1, 0.15) is 25.1 Å². The molecule has 0 aliphatic heterocycles. The lowest BCUT2D eigenvalue weighted by molar-refractivity contribution is 0.642. The first-order chi connectivity index (χ1) is 6.13. The molecule has 74 valence electrons. The largest absolute Gasteiger partial charge is 0.330 e. The van der Waals surface area contributed by atoms with Gasteiger partial charge < -0.3 is 5.73 Å². The number of hydrogen-bond acceptors (Lipinski definition) is 2. The van der Waals surface area contributed by atoms with E-state index in [1.165, 1.54) is 11.3 Å². The summed E-state index contributed by atoms with van der Waals surface area (Å²) in [6, 6.07) is 0. The Hall–Kier alpha value is -0.830. The third-order valence-corrected chi connectivity index (χ3v) is 2.00. The Bertz CT molecular complexity index is 263. The van der Waals surface area contributed by atoms with Gasteiger partial charge in [-0.05, 0) is 24.4 Å². The maximum absolute atomic E-state index is 5.52. The van der Waals surface area contributed by atoms with Gasteiger partial charge >= 0.3 is 0 Å². The second kappa shape index (κ2) is 4.42. The Morgan fingerprint density at radius 1 is 1.54 bits per heavy atom. The van der Waals surface area contributed by atoms with Crippen molar-refractivity contribution in [1.29, 1.82) is 0 Å². The van der Waals surface area contributed by atoms with E-state index in [2.05, 4.69) is 25.1 Å². The molecule has 1 heterocycles. The molecule has 3 nitrogen and oxygen atoms in total. The molecule has 1 aromatic rings. The van der Waals surface area contributed by atoms with Crippen molar-refractivity contribution in [3.8, 4) is 0 Å². The number of aryl methyl sites for hydroxylation is 1. The average molecular weight is 181 g/mol. The summed E-state index contributed by atoms with van der Waals surface area (Å²) in [7, 11) is 1.96. The quantitative estimate of drug-likeness (QED) is 0.756. The van der Waals surface area contributed by atoms with Crippen LogP contribution in [0.4, 0.5) is 0 Å². The molecule has 0 fully saturated rings. The molecule has 0 saturated carbocycles. The van der Waals surface area contributed by atoms with Gasteiger partial charge in [-0.1, -0.05) is 13.8 Å². The van der Waals surface area contributed by atoms with Gasteiger partial charge in [0.05, 0.1) is 5.69 Å². The van der Waals surface area contributed by atoms with Crippen molar-refractivity contribution < 1.29 is 0 Å². The highest BCUT2D eigenvalue weighted by Crippen LogP contribution is 2.12. The Morgan fingerprint density at radius 2 is 2.23 bits per heavy atom. The minimum absolute atomic E-state index is 0.681. The van der Waals surface area contributed by atoms with Gasteiger partial charge in [0.15, 0.2) is 0 Å². The van der Waals surface area contributed by atoms with E-state index in [4.69, 9.17) is 5.73 Å². The summed E-state index contributed by atoms with van der Waals surface area (Å²) in [5.41, 5.74) is 8.04. The first-order valence-electron chi connectivity index (χ1n) is 4.85. The van der Waals surface area contributed by atoms with Gasteiger partial charge in [0.25, 0.3) is 0 Å². The van der Waals surface area contributed by atoms with Crippen LogP contribution in [-0.2, 0) is 19.9 Å². The number of aromatic nitrogens is 2. The van der Waals surface area contributed by atoms with Crippen LogP contribution in [0.2, 0.25) is 0 Å². The zero-order valence-electron chi connectivity index (χ0n) is 8.75. The highest BCUT2D eigenvalue weighted by Gasteiger charge is 2.07. The molecule has 0 amide bonds. The summed E-state index contributed by atoms with van der Waals surface area (Å²) < 4.78 is 1.88. The number of nitrogens with zero attached hydrogens (tertiary/aromatic N) is 2. The highest BCUT2D eigenvalue weighted by atomic mass is 15.2.